The van der Waals surface area contributed by atoms with Gasteiger partial charge in [0.25, 0.3) is 11.5 Å². The van der Waals surface area contributed by atoms with Gasteiger partial charge in [0.2, 0.25) is 0 Å². The summed E-state index contributed by atoms with van der Waals surface area (Å²) in [5.41, 5.74) is 1.75. The minimum atomic E-state index is -0.265. The molecule has 2 aromatic carbocycles. The molecule has 4 rings (SSSR count). The van der Waals surface area contributed by atoms with Crippen LogP contribution < -0.4 is 5.56 Å². The molecule has 0 aliphatic rings. The van der Waals surface area contributed by atoms with Crippen LogP contribution in [0.2, 0.25) is 0 Å². The highest BCUT2D eigenvalue weighted by Crippen LogP contribution is 2.28. The number of nitrogens with zero attached hydrogens (tertiary/aromatic N) is 2. The zero-order chi connectivity index (χ0) is 21.1. The van der Waals surface area contributed by atoms with Crippen molar-refractivity contribution < 1.29 is 13.9 Å². The van der Waals surface area contributed by atoms with Gasteiger partial charge in [-0.15, -0.1) is 0 Å². The van der Waals surface area contributed by atoms with Crippen molar-refractivity contribution in [3.63, 3.8) is 0 Å². The molecule has 0 aliphatic carbocycles. The monoisotopic (exact) mass is 405 g/mol. The third-order valence-corrected chi connectivity index (χ3v) is 5.01. The molecular formula is C23H23N3O4. The number of benzene rings is 2. The molecular weight excluding hydrogens is 382 g/mol. The molecule has 2 heterocycles. The minimum Gasteiger partial charge on any atom is -0.451 e. The Kier molecular flexibility index (Phi) is 5.63. The fourth-order valence-electron chi connectivity index (χ4n) is 3.48. The summed E-state index contributed by atoms with van der Waals surface area (Å²) in [5, 5.41) is 1.38. The van der Waals surface area contributed by atoms with E-state index in [0.717, 1.165) is 10.9 Å². The molecule has 2 aromatic heterocycles. The summed E-state index contributed by atoms with van der Waals surface area (Å²) in [6.07, 6.45) is 0. The lowest BCUT2D eigenvalue weighted by atomic mass is 10.1. The van der Waals surface area contributed by atoms with Crippen molar-refractivity contribution in [2.75, 3.05) is 13.2 Å². The van der Waals surface area contributed by atoms with E-state index in [-0.39, 0.29) is 30.4 Å². The van der Waals surface area contributed by atoms with Gasteiger partial charge in [-0.05, 0) is 32.0 Å². The van der Waals surface area contributed by atoms with Crippen molar-refractivity contribution in [2.24, 2.45) is 0 Å². The Morgan fingerprint density at radius 3 is 2.60 bits per heavy atom. The SMILES string of the molecule is CCOCc1c(C(=O)N(CC)Cc2nc3ccccc3c(=O)[nH]2)oc2ccccc12. The van der Waals surface area contributed by atoms with Crippen molar-refractivity contribution in [1.82, 2.24) is 14.9 Å². The maximum atomic E-state index is 13.3. The number of rotatable bonds is 7. The summed E-state index contributed by atoms with van der Waals surface area (Å²) in [4.78, 5) is 34.6. The van der Waals surface area contributed by atoms with Crippen molar-refractivity contribution in [3.05, 3.63) is 76.0 Å². The second-order valence-corrected chi connectivity index (χ2v) is 6.89. The summed E-state index contributed by atoms with van der Waals surface area (Å²) in [7, 11) is 0. The number of hydrogen-bond donors (Lipinski definition) is 1. The van der Waals surface area contributed by atoms with Gasteiger partial charge in [0, 0.05) is 24.1 Å². The molecule has 0 spiro atoms. The van der Waals surface area contributed by atoms with Gasteiger partial charge >= 0.3 is 0 Å². The normalized spacial score (nSPS) is 11.3. The number of hydrogen-bond acceptors (Lipinski definition) is 5. The molecule has 1 N–H and O–H groups in total. The number of ether oxygens (including phenoxy) is 1. The Balaban J connectivity index is 1.69. The predicted molar refractivity (Wildman–Crippen MR) is 114 cm³/mol. The molecule has 0 fully saturated rings. The molecule has 0 bridgehead atoms. The molecule has 7 heteroatoms. The molecule has 0 saturated carbocycles. The van der Waals surface area contributed by atoms with Crippen LogP contribution in [0.25, 0.3) is 21.9 Å². The first-order chi connectivity index (χ1) is 14.6. The highest BCUT2D eigenvalue weighted by molar-refractivity contribution is 5.99. The van der Waals surface area contributed by atoms with E-state index in [4.69, 9.17) is 9.15 Å². The molecule has 0 unspecified atom stereocenters. The number of aromatic amines is 1. The third kappa shape index (κ3) is 3.71. The molecule has 4 aromatic rings. The van der Waals surface area contributed by atoms with Crippen LogP contribution in [0.3, 0.4) is 0 Å². The number of carbonyl (C=O) groups excluding carboxylic acids is 1. The first kappa shape index (κ1) is 19.8. The van der Waals surface area contributed by atoms with E-state index in [1.807, 2.05) is 44.2 Å². The predicted octanol–water partition coefficient (Wildman–Crippen LogP) is 3.87. The van der Waals surface area contributed by atoms with Crippen LogP contribution in [0.5, 0.6) is 0 Å². The van der Waals surface area contributed by atoms with Crippen LogP contribution in [0.4, 0.5) is 0 Å². The maximum absolute atomic E-state index is 13.3. The summed E-state index contributed by atoms with van der Waals surface area (Å²) in [5.74, 6) is 0.421. The molecule has 0 saturated heterocycles. The molecule has 0 atom stereocenters. The summed E-state index contributed by atoms with van der Waals surface area (Å²) in [6.45, 7) is 5.21. The average molecular weight is 405 g/mol. The van der Waals surface area contributed by atoms with Crippen LogP contribution in [0, 0.1) is 0 Å². The zero-order valence-electron chi connectivity index (χ0n) is 17.0. The Labute approximate surface area is 173 Å². The second-order valence-electron chi connectivity index (χ2n) is 6.89. The molecule has 0 aliphatic heterocycles. The lowest BCUT2D eigenvalue weighted by Gasteiger charge is -2.20. The van der Waals surface area contributed by atoms with Crippen LogP contribution in [-0.4, -0.2) is 33.9 Å². The number of H-pyrrole nitrogens is 1. The number of para-hydroxylation sites is 2. The summed E-state index contributed by atoms with van der Waals surface area (Å²) in [6, 6.07) is 14.7. The summed E-state index contributed by atoms with van der Waals surface area (Å²) < 4.78 is 11.5. The van der Waals surface area contributed by atoms with Crippen LogP contribution in [0.1, 0.15) is 35.8 Å². The Morgan fingerprint density at radius 2 is 1.83 bits per heavy atom. The van der Waals surface area contributed by atoms with Crippen LogP contribution in [-0.2, 0) is 17.9 Å². The van der Waals surface area contributed by atoms with Crippen molar-refractivity contribution in [1.29, 1.82) is 0 Å². The molecule has 7 nitrogen and oxygen atoms in total. The highest BCUT2D eigenvalue weighted by Gasteiger charge is 2.25. The van der Waals surface area contributed by atoms with Crippen molar-refractivity contribution in [3.8, 4) is 0 Å². The number of furan rings is 1. The lowest BCUT2D eigenvalue weighted by Crippen LogP contribution is -2.32. The molecule has 1 amide bonds. The zero-order valence-corrected chi connectivity index (χ0v) is 17.0. The standard InChI is InChI=1S/C23H23N3O4/c1-3-26(13-20-24-18-11-7-5-10-16(18)22(27)25-20)23(28)21-17(14-29-4-2)15-9-6-8-12-19(15)30-21/h5-12H,3-4,13-14H2,1-2H3,(H,24,25,27). The topological polar surface area (TPSA) is 88.4 Å². The van der Waals surface area contributed by atoms with Gasteiger partial charge < -0.3 is 19.0 Å². The number of carbonyl (C=O) groups is 1. The van der Waals surface area contributed by atoms with E-state index in [1.54, 1.807) is 23.1 Å². The van der Waals surface area contributed by atoms with E-state index < -0.39 is 0 Å². The van der Waals surface area contributed by atoms with Gasteiger partial charge in [-0.25, -0.2) is 4.98 Å². The minimum absolute atomic E-state index is 0.167. The molecule has 154 valence electrons. The first-order valence-electron chi connectivity index (χ1n) is 9.97. The van der Waals surface area contributed by atoms with Gasteiger partial charge in [0.1, 0.15) is 11.4 Å². The summed E-state index contributed by atoms with van der Waals surface area (Å²) >= 11 is 0. The second kappa shape index (κ2) is 8.51. The maximum Gasteiger partial charge on any atom is 0.290 e. The van der Waals surface area contributed by atoms with Crippen molar-refractivity contribution in [2.45, 2.75) is 27.0 Å². The van der Waals surface area contributed by atoms with Crippen LogP contribution >= 0.6 is 0 Å². The van der Waals surface area contributed by atoms with Gasteiger partial charge in [-0.1, -0.05) is 30.3 Å². The number of nitrogens with one attached hydrogen (secondary N) is 1. The quantitative estimate of drug-likeness (QED) is 0.504. The highest BCUT2D eigenvalue weighted by atomic mass is 16.5. The number of fused-ring (bicyclic) bond motifs is 2. The van der Waals surface area contributed by atoms with Gasteiger partial charge in [-0.2, -0.15) is 0 Å². The fourth-order valence-corrected chi connectivity index (χ4v) is 3.48. The first-order valence-corrected chi connectivity index (χ1v) is 9.97. The van der Waals surface area contributed by atoms with E-state index in [1.165, 1.54) is 0 Å². The number of amides is 1. The smallest absolute Gasteiger partial charge is 0.290 e. The largest absolute Gasteiger partial charge is 0.451 e. The van der Waals surface area contributed by atoms with E-state index in [9.17, 15) is 9.59 Å². The van der Waals surface area contributed by atoms with Gasteiger partial charge in [-0.3, -0.25) is 9.59 Å². The van der Waals surface area contributed by atoms with Gasteiger partial charge in [0.05, 0.1) is 24.1 Å². The lowest BCUT2D eigenvalue weighted by molar-refractivity contribution is 0.0708. The Morgan fingerprint density at radius 1 is 1.10 bits per heavy atom. The van der Waals surface area contributed by atoms with Gasteiger partial charge in [0.15, 0.2) is 5.76 Å². The van der Waals surface area contributed by atoms with Crippen molar-refractivity contribution >= 4 is 27.8 Å². The van der Waals surface area contributed by atoms with E-state index in [0.29, 0.717) is 35.5 Å². The Bertz CT molecular complexity index is 1260. The third-order valence-electron chi connectivity index (χ3n) is 5.01. The Hall–Kier alpha value is -3.45. The van der Waals surface area contributed by atoms with E-state index >= 15 is 0 Å². The molecule has 0 radical (unpaired) electrons. The van der Waals surface area contributed by atoms with Crippen LogP contribution in [0.15, 0.2) is 57.7 Å². The molecule has 30 heavy (non-hydrogen) atoms. The fraction of sp³-hybridized carbons (Fsp3) is 0.261. The van der Waals surface area contributed by atoms with E-state index in [2.05, 4.69) is 9.97 Å². The average Bonchev–Trinajstić information content (AvgIpc) is 3.14. The number of aromatic nitrogens is 2.